The molecule has 110 valence electrons. The molecule has 0 saturated heterocycles. The van der Waals surface area contributed by atoms with E-state index in [1.54, 1.807) is 0 Å². The van der Waals surface area contributed by atoms with Gasteiger partial charge in [0.1, 0.15) is 0 Å². The highest BCUT2D eigenvalue weighted by atomic mass is 16.7. The summed E-state index contributed by atoms with van der Waals surface area (Å²) in [5.41, 5.74) is 2.98. The number of hydrogen-bond acceptors (Lipinski definition) is 3. The molecule has 0 spiro atoms. The molecule has 2 fully saturated rings. The summed E-state index contributed by atoms with van der Waals surface area (Å²) in [5.74, 6) is 1.80. The summed E-state index contributed by atoms with van der Waals surface area (Å²) in [4.78, 5) is 16.4. The molecule has 0 unspecified atom stereocenters. The van der Waals surface area contributed by atoms with E-state index < -0.39 is 0 Å². The normalized spacial score (nSPS) is 29.1. The van der Waals surface area contributed by atoms with Crippen LogP contribution >= 0.6 is 0 Å². The third-order valence-electron chi connectivity index (χ3n) is 4.88. The molecular formula is C16H29NO2. The molecule has 2 aliphatic rings. The van der Waals surface area contributed by atoms with E-state index in [1.165, 1.54) is 57.8 Å². The minimum Gasteiger partial charge on any atom is -0.370 e. The van der Waals surface area contributed by atoms with E-state index in [1.807, 2.05) is 6.92 Å². The third-order valence-corrected chi connectivity index (χ3v) is 4.88. The molecule has 0 aromatic carbocycles. The Hall–Kier alpha value is -0.570. The Morgan fingerprint density at radius 3 is 2.26 bits per heavy atom. The highest BCUT2D eigenvalue weighted by Gasteiger charge is 2.28. The largest absolute Gasteiger partial charge is 0.370 e. The van der Waals surface area contributed by atoms with Crippen LogP contribution in [0.15, 0.2) is 0 Å². The van der Waals surface area contributed by atoms with Gasteiger partial charge in [0, 0.05) is 12.5 Å². The lowest BCUT2D eigenvalue weighted by Gasteiger charge is -2.35. The monoisotopic (exact) mass is 267 g/mol. The summed E-state index contributed by atoms with van der Waals surface area (Å²) >= 11 is 0. The van der Waals surface area contributed by atoms with Gasteiger partial charge in [-0.1, -0.05) is 39.0 Å². The van der Waals surface area contributed by atoms with E-state index in [9.17, 15) is 4.79 Å². The third kappa shape index (κ3) is 4.79. The number of hydrogen-bond donors (Lipinski definition) is 1. The molecule has 2 rings (SSSR count). The Morgan fingerprint density at radius 2 is 1.63 bits per heavy atom. The smallest absolute Gasteiger partial charge is 0.324 e. The van der Waals surface area contributed by atoms with Gasteiger partial charge in [-0.25, -0.2) is 0 Å². The van der Waals surface area contributed by atoms with Gasteiger partial charge in [0.05, 0.1) is 0 Å². The number of nitrogens with one attached hydrogen (secondary N) is 1. The number of rotatable bonds is 5. The van der Waals surface area contributed by atoms with Crippen LogP contribution < -0.4 is 5.48 Å². The van der Waals surface area contributed by atoms with Crippen LogP contribution in [0.4, 0.5) is 0 Å². The second-order valence-corrected chi connectivity index (χ2v) is 6.35. The van der Waals surface area contributed by atoms with Crippen molar-refractivity contribution in [2.75, 3.05) is 0 Å². The van der Waals surface area contributed by atoms with Crippen molar-refractivity contribution in [1.82, 2.24) is 5.48 Å². The summed E-state index contributed by atoms with van der Waals surface area (Å²) in [6.45, 7) is 2.00. The summed E-state index contributed by atoms with van der Waals surface area (Å²) in [6.07, 6.45) is 13.6. The number of hydroxylamine groups is 1. The van der Waals surface area contributed by atoms with Crippen molar-refractivity contribution in [2.24, 2.45) is 11.8 Å². The van der Waals surface area contributed by atoms with Crippen molar-refractivity contribution < 1.29 is 9.63 Å². The maximum Gasteiger partial charge on any atom is 0.324 e. The zero-order chi connectivity index (χ0) is 13.5. The molecule has 1 N–H and O–H groups in total. The summed E-state index contributed by atoms with van der Waals surface area (Å²) in [6, 6.07) is 0.389. The van der Waals surface area contributed by atoms with Crippen molar-refractivity contribution in [3.63, 3.8) is 0 Å². The Bertz CT molecular complexity index is 266. The van der Waals surface area contributed by atoms with E-state index in [4.69, 9.17) is 4.84 Å². The Balaban J connectivity index is 1.63. The van der Waals surface area contributed by atoms with E-state index in [0.29, 0.717) is 12.5 Å². The first-order valence-corrected chi connectivity index (χ1v) is 8.24. The van der Waals surface area contributed by atoms with E-state index in [2.05, 4.69) is 5.48 Å². The molecule has 0 bridgehead atoms. The fourth-order valence-electron chi connectivity index (χ4n) is 3.72. The van der Waals surface area contributed by atoms with Gasteiger partial charge in [-0.2, -0.15) is 5.48 Å². The zero-order valence-corrected chi connectivity index (χ0v) is 12.3. The summed E-state index contributed by atoms with van der Waals surface area (Å²) < 4.78 is 0. The van der Waals surface area contributed by atoms with Crippen LogP contribution in [0.25, 0.3) is 0 Å². The van der Waals surface area contributed by atoms with E-state index in [-0.39, 0.29) is 5.97 Å². The van der Waals surface area contributed by atoms with Crippen LogP contribution in [-0.2, 0) is 9.63 Å². The first-order valence-electron chi connectivity index (χ1n) is 8.24. The van der Waals surface area contributed by atoms with Gasteiger partial charge in [-0.05, 0) is 43.9 Å². The predicted octanol–water partition coefficient (Wildman–Crippen LogP) is 3.97. The molecule has 0 atom stereocenters. The minimum atomic E-state index is -0.114. The molecule has 0 aliphatic heterocycles. The van der Waals surface area contributed by atoms with Gasteiger partial charge >= 0.3 is 5.97 Å². The topological polar surface area (TPSA) is 38.3 Å². The fourth-order valence-corrected chi connectivity index (χ4v) is 3.72. The molecule has 2 aliphatic carbocycles. The van der Waals surface area contributed by atoms with Gasteiger partial charge in [0.25, 0.3) is 0 Å². The minimum absolute atomic E-state index is 0.114. The fraction of sp³-hybridized carbons (Fsp3) is 0.938. The van der Waals surface area contributed by atoms with Gasteiger partial charge in [0.15, 0.2) is 0 Å². The van der Waals surface area contributed by atoms with Crippen molar-refractivity contribution in [3.8, 4) is 0 Å². The highest BCUT2D eigenvalue weighted by molar-refractivity contribution is 5.68. The molecule has 0 aromatic rings. The van der Waals surface area contributed by atoms with Crippen LogP contribution in [0.2, 0.25) is 0 Å². The second kappa shape index (κ2) is 7.88. The van der Waals surface area contributed by atoms with E-state index in [0.717, 1.165) is 18.3 Å². The Kier molecular flexibility index (Phi) is 6.15. The van der Waals surface area contributed by atoms with Gasteiger partial charge < -0.3 is 4.84 Å². The first-order chi connectivity index (χ1) is 9.29. The molecular weight excluding hydrogens is 238 g/mol. The van der Waals surface area contributed by atoms with Gasteiger partial charge in [0.2, 0.25) is 0 Å². The van der Waals surface area contributed by atoms with Crippen LogP contribution in [0.3, 0.4) is 0 Å². The van der Waals surface area contributed by atoms with Gasteiger partial charge in [-0.15, -0.1) is 0 Å². The average molecular weight is 267 g/mol. The SMILES string of the molecule is CCCC(=O)ONC1CCC(C2CCCCC2)CC1. The molecule has 0 radical (unpaired) electrons. The van der Waals surface area contributed by atoms with Crippen LogP contribution in [-0.4, -0.2) is 12.0 Å². The molecule has 3 heteroatoms. The lowest BCUT2D eigenvalue weighted by molar-refractivity contribution is -0.153. The number of carbonyl (C=O) groups is 1. The predicted molar refractivity (Wildman–Crippen MR) is 76.5 cm³/mol. The van der Waals surface area contributed by atoms with E-state index >= 15 is 0 Å². The maximum atomic E-state index is 11.3. The van der Waals surface area contributed by atoms with Gasteiger partial charge in [-0.3, -0.25) is 4.79 Å². The Labute approximate surface area is 117 Å². The average Bonchev–Trinajstić information content (AvgIpc) is 2.47. The lowest BCUT2D eigenvalue weighted by Crippen LogP contribution is -2.36. The standard InChI is InChI=1S/C16H29NO2/c1-2-6-16(18)19-17-15-11-9-14(10-12-15)13-7-4-3-5-8-13/h13-15,17H,2-12H2,1H3. The molecule has 2 saturated carbocycles. The maximum absolute atomic E-state index is 11.3. The zero-order valence-electron chi connectivity index (χ0n) is 12.3. The van der Waals surface area contributed by atoms with Crippen molar-refractivity contribution >= 4 is 5.97 Å². The Morgan fingerprint density at radius 1 is 1.00 bits per heavy atom. The summed E-state index contributed by atoms with van der Waals surface area (Å²) in [7, 11) is 0. The van der Waals surface area contributed by atoms with Crippen molar-refractivity contribution in [2.45, 2.75) is 83.6 Å². The number of carbonyl (C=O) groups excluding carboxylic acids is 1. The van der Waals surface area contributed by atoms with Crippen molar-refractivity contribution in [3.05, 3.63) is 0 Å². The second-order valence-electron chi connectivity index (χ2n) is 6.35. The molecule has 19 heavy (non-hydrogen) atoms. The first kappa shape index (κ1) is 14.8. The van der Waals surface area contributed by atoms with Crippen LogP contribution in [0, 0.1) is 11.8 Å². The molecule has 0 aromatic heterocycles. The quantitative estimate of drug-likeness (QED) is 0.766. The lowest BCUT2D eigenvalue weighted by atomic mass is 9.72. The van der Waals surface area contributed by atoms with Crippen LogP contribution in [0.1, 0.15) is 77.6 Å². The van der Waals surface area contributed by atoms with Crippen molar-refractivity contribution in [1.29, 1.82) is 0 Å². The molecule has 0 heterocycles. The van der Waals surface area contributed by atoms with Crippen LogP contribution in [0.5, 0.6) is 0 Å². The summed E-state index contributed by atoms with van der Waals surface area (Å²) in [5, 5.41) is 0. The highest BCUT2D eigenvalue weighted by Crippen LogP contribution is 2.38. The molecule has 3 nitrogen and oxygen atoms in total. The molecule has 0 amide bonds.